The van der Waals surface area contributed by atoms with E-state index in [4.69, 9.17) is 5.84 Å². The highest BCUT2D eigenvalue weighted by atomic mass is 32.1. The number of hydrogen-bond donors (Lipinski definition) is 3. The molecule has 21 heavy (non-hydrogen) atoms. The van der Waals surface area contributed by atoms with E-state index in [1.807, 2.05) is 12.3 Å². The van der Waals surface area contributed by atoms with Crippen LogP contribution in [-0.4, -0.2) is 16.8 Å². The highest BCUT2D eigenvalue weighted by molar-refractivity contribution is 7.09. The van der Waals surface area contributed by atoms with Gasteiger partial charge in [-0.1, -0.05) is 12.1 Å². The average molecular weight is 304 g/mol. The molecule has 0 aliphatic heterocycles. The van der Waals surface area contributed by atoms with Crippen LogP contribution in [0.4, 0.5) is 0 Å². The number of hydrazine groups is 1. The molecule has 110 valence electrons. The zero-order valence-electron chi connectivity index (χ0n) is 11.6. The lowest BCUT2D eigenvalue weighted by molar-refractivity contribution is -0.120. The van der Waals surface area contributed by atoms with Gasteiger partial charge in [-0.3, -0.25) is 15.0 Å². The number of nitrogens with one attached hydrogen (secondary N) is 2. The minimum absolute atomic E-state index is 0.142. The molecule has 0 spiro atoms. The summed E-state index contributed by atoms with van der Waals surface area (Å²) in [7, 11) is 0. The van der Waals surface area contributed by atoms with Gasteiger partial charge in [0.25, 0.3) is 5.91 Å². The number of carbonyl (C=O) groups is 2. The number of carbonyl (C=O) groups excluding carboxylic acids is 2. The fraction of sp³-hybridized carbons (Fsp3) is 0.214. The Balaban J connectivity index is 1.98. The Kier molecular flexibility index (Phi) is 5.02. The number of thiazole rings is 1. The smallest absolute Gasteiger partial charge is 0.251 e. The van der Waals surface area contributed by atoms with Gasteiger partial charge in [0.15, 0.2) is 0 Å². The second kappa shape index (κ2) is 6.96. The number of hydrogen-bond acceptors (Lipinski definition) is 5. The van der Waals surface area contributed by atoms with Crippen LogP contribution >= 0.6 is 11.3 Å². The Labute approximate surface area is 126 Å². The molecule has 1 aromatic heterocycles. The molecule has 0 saturated carbocycles. The van der Waals surface area contributed by atoms with E-state index in [2.05, 4.69) is 15.7 Å². The predicted molar refractivity (Wildman–Crippen MR) is 80.5 cm³/mol. The summed E-state index contributed by atoms with van der Waals surface area (Å²) in [6, 6.07) is 6.89. The summed E-state index contributed by atoms with van der Waals surface area (Å²) in [5, 5.41) is 5.61. The Morgan fingerprint density at radius 1 is 1.38 bits per heavy atom. The van der Waals surface area contributed by atoms with E-state index < -0.39 is 0 Å². The van der Waals surface area contributed by atoms with Crippen molar-refractivity contribution in [3.63, 3.8) is 0 Å². The van der Waals surface area contributed by atoms with Gasteiger partial charge < -0.3 is 5.32 Å². The first-order chi connectivity index (χ1) is 10.1. The summed E-state index contributed by atoms with van der Waals surface area (Å²) in [6.45, 7) is 2.30. The first-order valence-electron chi connectivity index (χ1n) is 6.36. The highest BCUT2D eigenvalue weighted by Gasteiger charge is 2.09. The minimum Gasteiger partial charge on any atom is -0.346 e. The molecule has 1 heterocycles. The number of aryl methyl sites for hydroxylation is 1. The number of amides is 2. The van der Waals surface area contributed by atoms with Crippen LogP contribution in [0, 0.1) is 6.92 Å². The summed E-state index contributed by atoms with van der Waals surface area (Å²) in [5.74, 6) is 4.55. The van der Waals surface area contributed by atoms with Crippen molar-refractivity contribution in [2.24, 2.45) is 5.84 Å². The first-order valence-corrected chi connectivity index (χ1v) is 7.24. The van der Waals surface area contributed by atoms with Crippen LogP contribution < -0.4 is 16.6 Å². The highest BCUT2D eigenvalue weighted by Crippen LogP contribution is 2.09. The normalized spacial score (nSPS) is 10.2. The number of nitrogens with zero attached hydrogens (tertiary/aromatic N) is 1. The van der Waals surface area contributed by atoms with Crippen LogP contribution in [0.2, 0.25) is 0 Å². The van der Waals surface area contributed by atoms with Crippen molar-refractivity contribution in [1.29, 1.82) is 0 Å². The largest absolute Gasteiger partial charge is 0.346 e. The van der Waals surface area contributed by atoms with Gasteiger partial charge in [0, 0.05) is 16.6 Å². The maximum atomic E-state index is 12.1. The lowest BCUT2D eigenvalue weighted by Gasteiger charge is -2.05. The molecule has 6 nitrogen and oxygen atoms in total. The molecular weight excluding hydrogens is 288 g/mol. The van der Waals surface area contributed by atoms with Crippen molar-refractivity contribution >= 4 is 23.2 Å². The Bertz CT molecular complexity index is 654. The van der Waals surface area contributed by atoms with Gasteiger partial charge in [-0.25, -0.2) is 10.8 Å². The molecule has 7 heteroatoms. The van der Waals surface area contributed by atoms with Crippen molar-refractivity contribution < 1.29 is 9.59 Å². The molecule has 0 saturated heterocycles. The predicted octanol–water partition coefficient (Wildman–Crippen LogP) is 0.914. The van der Waals surface area contributed by atoms with E-state index in [0.29, 0.717) is 12.1 Å². The van der Waals surface area contributed by atoms with Crippen LogP contribution in [0.15, 0.2) is 29.6 Å². The fourth-order valence-electron chi connectivity index (χ4n) is 1.80. The number of aromatic nitrogens is 1. The molecule has 4 N–H and O–H groups in total. The van der Waals surface area contributed by atoms with E-state index in [1.165, 1.54) is 11.3 Å². The molecule has 0 fully saturated rings. The Morgan fingerprint density at radius 3 is 2.86 bits per heavy atom. The molecule has 2 rings (SSSR count). The minimum atomic E-state index is -0.300. The number of rotatable bonds is 5. The zero-order valence-corrected chi connectivity index (χ0v) is 12.4. The van der Waals surface area contributed by atoms with Gasteiger partial charge in [-0.2, -0.15) is 0 Å². The summed E-state index contributed by atoms with van der Waals surface area (Å²) >= 11 is 1.51. The van der Waals surface area contributed by atoms with Gasteiger partial charge >= 0.3 is 0 Å². The average Bonchev–Trinajstić information content (AvgIpc) is 2.90. The van der Waals surface area contributed by atoms with Crippen LogP contribution in [0.25, 0.3) is 0 Å². The van der Waals surface area contributed by atoms with E-state index in [1.54, 1.807) is 24.3 Å². The van der Waals surface area contributed by atoms with Crippen molar-refractivity contribution in [3.05, 3.63) is 51.5 Å². The van der Waals surface area contributed by atoms with E-state index in [-0.39, 0.29) is 18.2 Å². The van der Waals surface area contributed by atoms with Gasteiger partial charge in [-0.05, 0) is 24.6 Å². The van der Waals surface area contributed by atoms with Crippen LogP contribution in [0.3, 0.4) is 0 Å². The van der Waals surface area contributed by atoms with Crippen molar-refractivity contribution in [2.45, 2.75) is 19.9 Å². The lowest BCUT2D eigenvalue weighted by Crippen LogP contribution is -2.31. The Hall–Kier alpha value is -2.25. The topological polar surface area (TPSA) is 97.1 Å². The quantitative estimate of drug-likeness (QED) is 0.434. The third kappa shape index (κ3) is 4.37. The molecule has 0 radical (unpaired) electrons. The van der Waals surface area contributed by atoms with Gasteiger partial charge in [0.05, 0.1) is 13.0 Å². The van der Waals surface area contributed by atoms with Crippen molar-refractivity contribution in [3.8, 4) is 0 Å². The second-order valence-electron chi connectivity index (χ2n) is 4.51. The SMILES string of the molecule is Cc1csc(CNC(=O)c2cccc(CC(=O)NN)c2)n1. The maximum Gasteiger partial charge on any atom is 0.251 e. The number of nitrogens with two attached hydrogens (primary N) is 1. The van der Waals surface area contributed by atoms with E-state index >= 15 is 0 Å². The second-order valence-corrected chi connectivity index (χ2v) is 5.45. The third-order valence-corrected chi connectivity index (χ3v) is 3.75. The number of benzene rings is 1. The van der Waals surface area contributed by atoms with Crippen LogP contribution in [0.1, 0.15) is 26.6 Å². The van der Waals surface area contributed by atoms with E-state index in [9.17, 15) is 9.59 Å². The van der Waals surface area contributed by atoms with Gasteiger partial charge in [0.2, 0.25) is 5.91 Å². The summed E-state index contributed by atoms with van der Waals surface area (Å²) in [4.78, 5) is 27.6. The molecule has 0 aliphatic carbocycles. The van der Waals surface area contributed by atoms with E-state index in [0.717, 1.165) is 16.3 Å². The fourth-order valence-corrected chi connectivity index (χ4v) is 2.51. The lowest BCUT2D eigenvalue weighted by atomic mass is 10.1. The molecular formula is C14H16N4O2S. The molecule has 0 unspecified atom stereocenters. The molecule has 2 amide bonds. The van der Waals surface area contributed by atoms with Crippen molar-refractivity contribution in [1.82, 2.24) is 15.7 Å². The molecule has 0 bridgehead atoms. The maximum absolute atomic E-state index is 12.1. The monoisotopic (exact) mass is 304 g/mol. The third-order valence-electron chi connectivity index (χ3n) is 2.78. The summed E-state index contributed by atoms with van der Waals surface area (Å²) < 4.78 is 0. The van der Waals surface area contributed by atoms with Crippen molar-refractivity contribution in [2.75, 3.05) is 0 Å². The summed E-state index contributed by atoms with van der Waals surface area (Å²) in [6.07, 6.45) is 0.142. The molecule has 0 atom stereocenters. The zero-order chi connectivity index (χ0) is 15.2. The van der Waals surface area contributed by atoms with Gasteiger partial charge in [-0.15, -0.1) is 11.3 Å². The standard InChI is InChI=1S/C14H16N4O2S/c1-9-8-21-13(17-9)7-16-14(20)11-4-2-3-10(5-11)6-12(19)18-15/h2-5,8H,6-7,15H2,1H3,(H,16,20)(H,18,19). The van der Waals surface area contributed by atoms with Crippen LogP contribution in [-0.2, 0) is 17.8 Å². The summed E-state index contributed by atoms with van der Waals surface area (Å²) in [5.41, 5.74) is 4.25. The molecule has 2 aromatic rings. The van der Waals surface area contributed by atoms with Gasteiger partial charge in [0.1, 0.15) is 5.01 Å². The van der Waals surface area contributed by atoms with Crippen LogP contribution in [0.5, 0.6) is 0 Å². The first kappa shape index (κ1) is 15.1. The molecule has 1 aromatic carbocycles. The Morgan fingerprint density at radius 2 is 2.19 bits per heavy atom. The molecule has 0 aliphatic rings.